The second-order valence-electron chi connectivity index (χ2n) is 5.45. The van der Waals surface area contributed by atoms with Gasteiger partial charge in [0.2, 0.25) is 5.88 Å². The number of nitrogens with zero attached hydrogens (tertiary/aromatic N) is 2. The number of aromatic nitrogens is 2. The lowest BCUT2D eigenvalue weighted by Crippen LogP contribution is -2.27. The van der Waals surface area contributed by atoms with E-state index in [9.17, 15) is 4.79 Å². The Balaban J connectivity index is 1.95. The van der Waals surface area contributed by atoms with Gasteiger partial charge < -0.3 is 9.47 Å². The molecular weight excluding hydrogens is 220 g/mol. The van der Waals surface area contributed by atoms with Gasteiger partial charge in [0.1, 0.15) is 11.7 Å². The fourth-order valence-electron chi connectivity index (χ4n) is 1.39. The minimum absolute atomic E-state index is 0.247. The van der Waals surface area contributed by atoms with E-state index in [1.54, 1.807) is 12.3 Å². The Bertz CT molecular complexity index is 420. The third-order valence-corrected chi connectivity index (χ3v) is 2.45. The van der Waals surface area contributed by atoms with E-state index >= 15 is 0 Å². The molecule has 2 rings (SSSR count). The summed E-state index contributed by atoms with van der Waals surface area (Å²) in [7, 11) is 0. The first kappa shape index (κ1) is 12.0. The van der Waals surface area contributed by atoms with E-state index in [0.717, 1.165) is 11.1 Å². The molecule has 17 heavy (non-hydrogen) atoms. The molecule has 1 aromatic heterocycles. The largest absolute Gasteiger partial charge is 0.473 e. The average molecular weight is 238 g/mol. The van der Waals surface area contributed by atoms with Crippen LogP contribution in [0, 0.1) is 5.92 Å². The third kappa shape index (κ3) is 3.22. The Morgan fingerprint density at radius 1 is 1.53 bits per heavy atom. The first-order valence-corrected chi connectivity index (χ1v) is 5.81. The number of carbonyl (C=O) groups excluding carboxylic acids is 1. The lowest BCUT2D eigenvalue weighted by molar-refractivity contribution is 0.0511. The first-order chi connectivity index (χ1) is 7.85. The van der Waals surface area contributed by atoms with E-state index < -0.39 is 11.7 Å². The highest BCUT2D eigenvalue weighted by molar-refractivity contribution is 5.69. The number of hydrogen-bond acceptors (Lipinski definition) is 4. The molecule has 1 saturated carbocycles. The van der Waals surface area contributed by atoms with Crippen molar-refractivity contribution in [1.29, 1.82) is 0 Å². The maximum absolute atomic E-state index is 11.7. The van der Waals surface area contributed by atoms with Gasteiger partial charge in [-0.3, -0.25) is 0 Å². The maximum atomic E-state index is 11.7. The molecule has 5 heteroatoms. The van der Waals surface area contributed by atoms with Crippen molar-refractivity contribution < 1.29 is 14.3 Å². The van der Waals surface area contributed by atoms with Crippen molar-refractivity contribution in [1.82, 2.24) is 9.78 Å². The Labute approximate surface area is 101 Å². The second kappa shape index (κ2) is 4.05. The molecule has 0 spiro atoms. The van der Waals surface area contributed by atoms with Crippen molar-refractivity contribution in [3.8, 4) is 5.88 Å². The molecule has 1 heterocycles. The van der Waals surface area contributed by atoms with Crippen LogP contribution in [0.25, 0.3) is 0 Å². The van der Waals surface area contributed by atoms with Crippen molar-refractivity contribution in [2.45, 2.75) is 45.8 Å². The fourth-order valence-corrected chi connectivity index (χ4v) is 1.39. The lowest BCUT2D eigenvalue weighted by atomic mass is 10.2. The molecule has 5 nitrogen and oxygen atoms in total. The van der Waals surface area contributed by atoms with Gasteiger partial charge in [0.15, 0.2) is 0 Å². The molecule has 1 aliphatic rings. The first-order valence-electron chi connectivity index (χ1n) is 5.81. The molecule has 0 amide bonds. The summed E-state index contributed by atoms with van der Waals surface area (Å²) in [5.74, 6) is 1.06. The van der Waals surface area contributed by atoms with Gasteiger partial charge in [-0.25, -0.2) is 4.79 Å². The summed E-state index contributed by atoms with van der Waals surface area (Å²) in [5.41, 5.74) is -0.519. The van der Waals surface area contributed by atoms with Gasteiger partial charge in [0.25, 0.3) is 0 Å². The topological polar surface area (TPSA) is 53.4 Å². The van der Waals surface area contributed by atoms with Crippen molar-refractivity contribution >= 4 is 6.09 Å². The summed E-state index contributed by atoms with van der Waals surface area (Å²) in [6.07, 6.45) is 2.36. The number of rotatable bonds is 2. The zero-order valence-electron chi connectivity index (χ0n) is 10.6. The van der Waals surface area contributed by atoms with E-state index in [1.807, 2.05) is 20.8 Å². The van der Waals surface area contributed by atoms with Gasteiger partial charge in [-0.05, 0) is 33.1 Å². The van der Waals surface area contributed by atoms with E-state index in [1.165, 1.54) is 0 Å². The maximum Gasteiger partial charge on any atom is 0.435 e. The standard InChI is InChI=1S/C12H18N2O3/c1-8-7-9(8)16-10-5-6-14(13-10)11(15)17-12(2,3)4/h5-6,8-9H,7H2,1-4H3/t8-,9-/m0/s1. The Morgan fingerprint density at radius 3 is 2.71 bits per heavy atom. The minimum Gasteiger partial charge on any atom is -0.473 e. The van der Waals surface area contributed by atoms with Crippen LogP contribution in [0.5, 0.6) is 5.88 Å². The monoisotopic (exact) mass is 238 g/mol. The summed E-state index contributed by atoms with van der Waals surface area (Å²) in [5, 5.41) is 4.03. The SMILES string of the molecule is C[C@H]1C[C@@H]1Oc1ccn(C(=O)OC(C)(C)C)n1. The molecule has 0 aliphatic heterocycles. The lowest BCUT2D eigenvalue weighted by Gasteiger charge is -2.18. The van der Waals surface area contributed by atoms with E-state index in [-0.39, 0.29) is 6.10 Å². The van der Waals surface area contributed by atoms with Gasteiger partial charge in [-0.1, -0.05) is 6.92 Å². The summed E-state index contributed by atoms with van der Waals surface area (Å²) >= 11 is 0. The van der Waals surface area contributed by atoms with Crippen LogP contribution in [0.4, 0.5) is 4.79 Å². The van der Waals surface area contributed by atoms with Crippen molar-refractivity contribution in [3.63, 3.8) is 0 Å². The van der Waals surface area contributed by atoms with Gasteiger partial charge >= 0.3 is 6.09 Å². The number of carbonyl (C=O) groups is 1. The molecule has 1 fully saturated rings. The summed E-state index contributed by atoms with van der Waals surface area (Å²) in [6.45, 7) is 7.57. The van der Waals surface area contributed by atoms with E-state index in [2.05, 4.69) is 12.0 Å². The van der Waals surface area contributed by atoms with Crippen molar-refractivity contribution in [3.05, 3.63) is 12.3 Å². The highest BCUT2D eigenvalue weighted by atomic mass is 16.6. The zero-order chi connectivity index (χ0) is 12.6. The molecule has 0 N–H and O–H groups in total. The fraction of sp³-hybridized carbons (Fsp3) is 0.667. The normalized spacial score (nSPS) is 23.3. The number of hydrogen-bond donors (Lipinski definition) is 0. The molecule has 0 unspecified atom stereocenters. The highest BCUT2D eigenvalue weighted by Crippen LogP contribution is 2.33. The molecule has 1 aliphatic carbocycles. The summed E-state index contributed by atoms with van der Waals surface area (Å²) in [6, 6.07) is 1.68. The van der Waals surface area contributed by atoms with E-state index in [0.29, 0.717) is 11.8 Å². The number of ether oxygens (including phenoxy) is 2. The van der Waals surface area contributed by atoms with Crippen LogP contribution in [0.1, 0.15) is 34.1 Å². The van der Waals surface area contributed by atoms with Crippen LogP contribution in [0.2, 0.25) is 0 Å². The molecule has 0 bridgehead atoms. The molecule has 0 radical (unpaired) electrons. The third-order valence-electron chi connectivity index (χ3n) is 2.45. The van der Waals surface area contributed by atoms with Gasteiger partial charge in [-0.15, -0.1) is 5.10 Å². The van der Waals surface area contributed by atoms with Crippen LogP contribution in [-0.4, -0.2) is 27.6 Å². The molecule has 2 atom stereocenters. The van der Waals surface area contributed by atoms with Crippen LogP contribution in [0.15, 0.2) is 12.3 Å². The van der Waals surface area contributed by atoms with Crippen LogP contribution in [-0.2, 0) is 4.74 Å². The van der Waals surface area contributed by atoms with Crippen molar-refractivity contribution in [2.24, 2.45) is 5.92 Å². The summed E-state index contributed by atoms with van der Waals surface area (Å²) < 4.78 is 11.9. The van der Waals surface area contributed by atoms with Gasteiger partial charge in [0, 0.05) is 12.3 Å². The molecule has 94 valence electrons. The molecule has 0 aromatic carbocycles. The summed E-state index contributed by atoms with van der Waals surface area (Å²) in [4.78, 5) is 11.7. The zero-order valence-corrected chi connectivity index (χ0v) is 10.6. The minimum atomic E-state index is -0.519. The Morgan fingerprint density at radius 2 is 2.18 bits per heavy atom. The second-order valence-corrected chi connectivity index (χ2v) is 5.45. The van der Waals surface area contributed by atoms with Gasteiger partial charge in [-0.2, -0.15) is 4.68 Å². The smallest absolute Gasteiger partial charge is 0.435 e. The average Bonchev–Trinajstić information content (AvgIpc) is 2.70. The van der Waals surface area contributed by atoms with E-state index in [4.69, 9.17) is 9.47 Å². The molecule has 1 aromatic rings. The predicted molar refractivity (Wildman–Crippen MR) is 62.1 cm³/mol. The quantitative estimate of drug-likeness (QED) is 0.794. The predicted octanol–water partition coefficient (Wildman–Crippen LogP) is 2.45. The van der Waals surface area contributed by atoms with Crippen LogP contribution >= 0.6 is 0 Å². The van der Waals surface area contributed by atoms with Crippen LogP contribution < -0.4 is 4.74 Å². The highest BCUT2D eigenvalue weighted by Gasteiger charge is 2.35. The van der Waals surface area contributed by atoms with Gasteiger partial charge in [0.05, 0.1) is 0 Å². The van der Waals surface area contributed by atoms with Crippen LogP contribution in [0.3, 0.4) is 0 Å². The Hall–Kier alpha value is -1.52. The Kier molecular flexibility index (Phi) is 2.85. The molecular formula is C12H18N2O3. The van der Waals surface area contributed by atoms with Crippen molar-refractivity contribution in [2.75, 3.05) is 0 Å². The molecule has 0 saturated heterocycles.